The van der Waals surface area contributed by atoms with Crippen LogP contribution in [0.25, 0.3) is 0 Å². The van der Waals surface area contributed by atoms with E-state index in [-0.39, 0.29) is 17.9 Å². The molecule has 1 aliphatic carbocycles. The number of fused-ring (bicyclic) bond motifs is 1. The highest BCUT2D eigenvalue weighted by molar-refractivity contribution is 5.79. The Labute approximate surface area is 96.8 Å². The average molecular weight is 226 g/mol. The maximum Gasteiger partial charge on any atom is 0.226 e. The van der Waals surface area contributed by atoms with E-state index in [0.717, 1.165) is 32.4 Å². The molecule has 1 amide bonds. The van der Waals surface area contributed by atoms with Crippen molar-refractivity contribution in [1.82, 2.24) is 4.90 Å². The van der Waals surface area contributed by atoms with Gasteiger partial charge in [0.15, 0.2) is 0 Å². The van der Waals surface area contributed by atoms with Crippen LogP contribution in [0.5, 0.6) is 0 Å². The van der Waals surface area contributed by atoms with Gasteiger partial charge >= 0.3 is 0 Å². The first-order chi connectivity index (χ1) is 7.67. The standard InChI is InChI=1S/C12H22N2O2/c1-2-8(5-13)12(16)14-6-9-3-4-11(15)10(9)7-14/h8-11,15H,2-7,13H2,1H3. The van der Waals surface area contributed by atoms with Crippen molar-refractivity contribution in [2.75, 3.05) is 19.6 Å². The molecule has 0 radical (unpaired) electrons. The highest BCUT2D eigenvalue weighted by Crippen LogP contribution is 2.38. The van der Waals surface area contributed by atoms with Crippen molar-refractivity contribution >= 4 is 5.91 Å². The summed E-state index contributed by atoms with van der Waals surface area (Å²) in [5.74, 6) is 0.996. The summed E-state index contributed by atoms with van der Waals surface area (Å²) in [6, 6.07) is 0. The van der Waals surface area contributed by atoms with Crippen LogP contribution in [-0.2, 0) is 4.79 Å². The molecule has 2 rings (SSSR count). The molecule has 0 aromatic rings. The Kier molecular flexibility index (Phi) is 3.50. The second-order valence-corrected chi connectivity index (χ2v) is 5.15. The van der Waals surface area contributed by atoms with Gasteiger partial charge < -0.3 is 15.7 Å². The minimum Gasteiger partial charge on any atom is -0.393 e. The second-order valence-electron chi connectivity index (χ2n) is 5.15. The summed E-state index contributed by atoms with van der Waals surface area (Å²) in [4.78, 5) is 14.0. The first-order valence-electron chi connectivity index (χ1n) is 6.34. The summed E-state index contributed by atoms with van der Waals surface area (Å²) in [6.45, 7) is 4.00. The van der Waals surface area contributed by atoms with E-state index in [2.05, 4.69) is 0 Å². The number of amides is 1. The first-order valence-corrected chi connectivity index (χ1v) is 6.34. The zero-order valence-corrected chi connectivity index (χ0v) is 9.93. The van der Waals surface area contributed by atoms with Crippen molar-refractivity contribution in [3.8, 4) is 0 Å². The predicted molar refractivity (Wildman–Crippen MR) is 61.6 cm³/mol. The topological polar surface area (TPSA) is 66.6 Å². The quantitative estimate of drug-likeness (QED) is 0.722. The van der Waals surface area contributed by atoms with Gasteiger partial charge in [0.1, 0.15) is 0 Å². The maximum atomic E-state index is 12.1. The number of carbonyl (C=O) groups is 1. The summed E-state index contributed by atoms with van der Waals surface area (Å²) in [6.07, 6.45) is 2.59. The number of carbonyl (C=O) groups excluding carboxylic acids is 1. The molecule has 2 fully saturated rings. The summed E-state index contributed by atoms with van der Waals surface area (Å²) in [7, 11) is 0. The van der Waals surface area contributed by atoms with Crippen LogP contribution in [0.3, 0.4) is 0 Å². The molecular formula is C12H22N2O2. The monoisotopic (exact) mass is 226 g/mol. The zero-order valence-electron chi connectivity index (χ0n) is 9.93. The van der Waals surface area contributed by atoms with Gasteiger partial charge in [-0.25, -0.2) is 0 Å². The lowest BCUT2D eigenvalue weighted by molar-refractivity contribution is -0.134. The molecule has 16 heavy (non-hydrogen) atoms. The number of nitrogens with zero attached hydrogens (tertiary/aromatic N) is 1. The van der Waals surface area contributed by atoms with E-state index in [0.29, 0.717) is 18.4 Å². The summed E-state index contributed by atoms with van der Waals surface area (Å²) < 4.78 is 0. The van der Waals surface area contributed by atoms with Gasteiger partial charge in [-0.1, -0.05) is 6.92 Å². The molecule has 4 unspecified atom stereocenters. The Morgan fingerprint density at radius 2 is 2.25 bits per heavy atom. The van der Waals surface area contributed by atoms with Gasteiger partial charge in [0.25, 0.3) is 0 Å². The average Bonchev–Trinajstić information content (AvgIpc) is 2.83. The van der Waals surface area contributed by atoms with Crippen LogP contribution in [0.1, 0.15) is 26.2 Å². The Bertz CT molecular complexity index is 266. The fraction of sp³-hybridized carbons (Fsp3) is 0.917. The van der Waals surface area contributed by atoms with Gasteiger partial charge in [-0.05, 0) is 25.2 Å². The lowest BCUT2D eigenvalue weighted by Gasteiger charge is -2.23. The van der Waals surface area contributed by atoms with E-state index in [1.165, 1.54) is 0 Å². The predicted octanol–water partition coefficient (Wildman–Crippen LogP) is 0.201. The van der Waals surface area contributed by atoms with Gasteiger partial charge in [0.05, 0.1) is 12.0 Å². The van der Waals surface area contributed by atoms with Crippen molar-refractivity contribution in [2.24, 2.45) is 23.5 Å². The minimum atomic E-state index is -0.194. The lowest BCUT2D eigenvalue weighted by atomic mass is 10.00. The number of aliphatic hydroxyl groups is 1. The van der Waals surface area contributed by atoms with Crippen LogP contribution in [0.4, 0.5) is 0 Å². The van der Waals surface area contributed by atoms with E-state index in [9.17, 15) is 9.90 Å². The molecule has 1 saturated carbocycles. The van der Waals surface area contributed by atoms with Crippen molar-refractivity contribution in [3.63, 3.8) is 0 Å². The van der Waals surface area contributed by atoms with E-state index in [1.54, 1.807) is 0 Å². The third-order valence-electron chi connectivity index (χ3n) is 4.26. The molecule has 0 spiro atoms. The molecule has 0 aromatic heterocycles. The van der Waals surface area contributed by atoms with Crippen LogP contribution in [-0.4, -0.2) is 41.7 Å². The van der Waals surface area contributed by atoms with Gasteiger partial charge in [0.2, 0.25) is 5.91 Å². The molecule has 92 valence electrons. The van der Waals surface area contributed by atoms with Crippen LogP contribution in [0.15, 0.2) is 0 Å². The third-order valence-corrected chi connectivity index (χ3v) is 4.26. The fourth-order valence-electron chi connectivity index (χ4n) is 3.12. The molecule has 4 heteroatoms. The lowest BCUT2D eigenvalue weighted by Crippen LogP contribution is -2.38. The molecular weight excluding hydrogens is 204 g/mol. The van der Waals surface area contributed by atoms with E-state index in [4.69, 9.17) is 5.73 Å². The summed E-state index contributed by atoms with van der Waals surface area (Å²) >= 11 is 0. The Morgan fingerprint density at radius 1 is 1.50 bits per heavy atom. The highest BCUT2D eigenvalue weighted by atomic mass is 16.3. The van der Waals surface area contributed by atoms with E-state index in [1.807, 2.05) is 11.8 Å². The number of likely N-dealkylation sites (tertiary alicyclic amines) is 1. The third kappa shape index (κ3) is 1.96. The molecule has 2 aliphatic rings. The SMILES string of the molecule is CCC(CN)C(=O)N1CC2CCC(O)C2C1. The van der Waals surface area contributed by atoms with Crippen LogP contribution in [0.2, 0.25) is 0 Å². The molecule has 0 bridgehead atoms. The first kappa shape index (κ1) is 11.9. The molecule has 4 atom stereocenters. The summed E-state index contributed by atoms with van der Waals surface area (Å²) in [5, 5.41) is 9.79. The van der Waals surface area contributed by atoms with Gasteiger partial charge in [0, 0.05) is 25.6 Å². The number of aliphatic hydroxyl groups excluding tert-OH is 1. The number of nitrogens with two attached hydrogens (primary N) is 1. The van der Waals surface area contributed by atoms with E-state index >= 15 is 0 Å². The van der Waals surface area contributed by atoms with Gasteiger partial charge in [-0.15, -0.1) is 0 Å². The molecule has 1 aliphatic heterocycles. The van der Waals surface area contributed by atoms with Crippen molar-refractivity contribution < 1.29 is 9.90 Å². The Balaban J connectivity index is 1.96. The Morgan fingerprint density at radius 3 is 2.81 bits per heavy atom. The smallest absolute Gasteiger partial charge is 0.226 e. The molecule has 0 aromatic carbocycles. The maximum absolute atomic E-state index is 12.1. The largest absolute Gasteiger partial charge is 0.393 e. The highest BCUT2D eigenvalue weighted by Gasteiger charge is 2.43. The van der Waals surface area contributed by atoms with Crippen LogP contribution in [0, 0.1) is 17.8 Å². The number of hydrogen-bond acceptors (Lipinski definition) is 3. The molecule has 4 nitrogen and oxygen atoms in total. The molecule has 3 N–H and O–H groups in total. The van der Waals surface area contributed by atoms with Crippen molar-refractivity contribution in [3.05, 3.63) is 0 Å². The van der Waals surface area contributed by atoms with Crippen LogP contribution >= 0.6 is 0 Å². The summed E-state index contributed by atoms with van der Waals surface area (Å²) in [5.41, 5.74) is 5.60. The zero-order chi connectivity index (χ0) is 11.7. The molecule has 1 heterocycles. The van der Waals surface area contributed by atoms with Crippen molar-refractivity contribution in [2.45, 2.75) is 32.3 Å². The normalized spacial score (nSPS) is 35.2. The number of hydrogen-bond donors (Lipinski definition) is 2. The Hall–Kier alpha value is -0.610. The van der Waals surface area contributed by atoms with Crippen LogP contribution < -0.4 is 5.73 Å². The minimum absolute atomic E-state index is 0.0315. The second kappa shape index (κ2) is 4.72. The fourth-order valence-corrected chi connectivity index (χ4v) is 3.12. The number of rotatable bonds is 3. The van der Waals surface area contributed by atoms with Crippen molar-refractivity contribution in [1.29, 1.82) is 0 Å². The van der Waals surface area contributed by atoms with Gasteiger partial charge in [-0.3, -0.25) is 4.79 Å². The van der Waals surface area contributed by atoms with Gasteiger partial charge in [-0.2, -0.15) is 0 Å². The van der Waals surface area contributed by atoms with E-state index < -0.39 is 0 Å². The molecule has 1 saturated heterocycles.